The highest BCUT2D eigenvalue weighted by molar-refractivity contribution is 7.89. The molecule has 0 spiro atoms. The predicted octanol–water partition coefficient (Wildman–Crippen LogP) is 2.31. The number of sulfonamides is 1. The van der Waals surface area contributed by atoms with E-state index in [2.05, 4.69) is 6.92 Å². The Hall–Kier alpha value is -1.44. The third kappa shape index (κ3) is 4.64. The van der Waals surface area contributed by atoms with Gasteiger partial charge in [0.05, 0.1) is 10.5 Å². The zero-order valence-corrected chi connectivity index (χ0v) is 16.8. The van der Waals surface area contributed by atoms with E-state index in [4.69, 9.17) is 5.73 Å². The largest absolute Gasteiger partial charge is 0.342 e. The average Bonchev–Trinajstić information content (AvgIpc) is 2.65. The van der Waals surface area contributed by atoms with Crippen molar-refractivity contribution in [3.8, 4) is 0 Å². The molecule has 1 aliphatic rings. The van der Waals surface area contributed by atoms with E-state index >= 15 is 0 Å². The molecule has 1 heterocycles. The Bertz CT molecular complexity index is 710. The van der Waals surface area contributed by atoms with Crippen molar-refractivity contribution in [1.29, 1.82) is 0 Å². The summed E-state index contributed by atoms with van der Waals surface area (Å²) in [6.07, 6.45) is 3.38. The molecule has 0 bridgehead atoms. The molecule has 0 aliphatic carbocycles. The minimum atomic E-state index is -3.70. The molecule has 1 aromatic rings. The number of rotatable bonds is 7. The summed E-state index contributed by atoms with van der Waals surface area (Å²) in [6, 6.07) is 6.59. The minimum Gasteiger partial charge on any atom is -0.342 e. The number of hydrogen-bond acceptors (Lipinski definition) is 4. The van der Waals surface area contributed by atoms with Crippen molar-refractivity contribution in [2.24, 2.45) is 11.7 Å². The topological polar surface area (TPSA) is 83.7 Å². The lowest BCUT2D eigenvalue weighted by Crippen LogP contribution is -2.43. The van der Waals surface area contributed by atoms with Gasteiger partial charge < -0.3 is 10.6 Å². The summed E-state index contributed by atoms with van der Waals surface area (Å²) in [5.74, 6) is 0.0987. The Labute approximate surface area is 157 Å². The van der Waals surface area contributed by atoms with Crippen molar-refractivity contribution >= 4 is 15.9 Å². The molecule has 2 N–H and O–H groups in total. The Morgan fingerprint density at radius 3 is 2.50 bits per heavy atom. The number of carbonyl (C=O) groups is 1. The molecule has 1 fully saturated rings. The van der Waals surface area contributed by atoms with Gasteiger partial charge in [-0.15, -0.1) is 0 Å². The maximum absolute atomic E-state index is 13.1. The number of benzene rings is 1. The highest BCUT2D eigenvalue weighted by Gasteiger charge is 2.33. The summed E-state index contributed by atoms with van der Waals surface area (Å²) in [7, 11) is -1.98. The van der Waals surface area contributed by atoms with Gasteiger partial charge in [-0.1, -0.05) is 25.5 Å². The summed E-state index contributed by atoms with van der Waals surface area (Å²) in [6.45, 7) is 5.53. The monoisotopic (exact) mass is 381 g/mol. The van der Waals surface area contributed by atoms with Crippen LogP contribution in [0.1, 0.15) is 49.9 Å². The fraction of sp³-hybridized carbons (Fsp3) is 0.632. The number of amides is 1. The van der Waals surface area contributed by atoms with Gasteiger partial charge in [0, 0.05) is 32.7 Å². The molecule has 0 saturated carbocycles. The summed E-state index contributed by atoms with van der Waals surface area (Å²) in [5, 5.41) is 0. The second-order valence-electron chi connectivity index (χ2n) is 7.18. The lowest BCUT2D eigenvalue weighted by Gasteiger charge is -2.33. The van der Waals surface area contributed by atoms with Crippen LogP contribution in [0, 0.1) is 5.92 Å². The Morgan fingerprint density at radius 1 is 1.31 bits per heavy atom. The summed E-state index contributed by atoms with van der Waals surface area (Å²) < 4.78 is 27.8. The number of unbranched alkanes of at least 4 members (excludes halogenated alkanes) is 1. The molecule has 0 radical (unpaired) electrons. The molecule has 7 heteroatoms. The number of hydrogen-bond donors (Lipinski definition) is 1. The van der Waals surface area contributed by atoms with E-state index in [-0.39, 0.29) is 22.4 Å². The van der Waals surface area contributed by atoms with Gasteiger partial charge in [-0.3, -0.25) is 4.79 Å². The van der Waals surface area contributed by atoms with Crippen LogP contribution in [0.15, 0.2) is 29.2 Å². The van der Waals surface area contributed by atoms with Crippen molar-refractivity contribution in [2.75, 3.05) is 26.7 Å². The molecule has 0 aromatic heterocycles. The van der Waals surface area contributed by atoms with Crippen LogP contribution in [-0.2, 0) is 10.0 Å². The van der Waals surface area contributed by atoms with E-state index in [1.165, 1.54) is 10.4 Å². The van der Waals surface area contributed by atoms with Gasteiger partial charge in [-0.25, -0.2) is 8.42 Å². The Kier molecular flexibility index (Phi) is 7.20. The lowest BCUT2D eigenvalue weighted by atomic mass is 9.92. The van der Waals surface area contributed by atoms with Crippen LogP contribution < -0.4 is 5.73 Å². The third-order valence-electron chi connectivity index (χ3n) is 5.17. The smallest absolute Gasteiger partial charge is 0.254 e. The first-order chi connectivity index (χ1) is 12.3. The highest BCUT2D eigenvalue weighted by Crippen LogP contribution is 2.27. The predicted molar refractivity (Wildman–Crippen MR) is 103 cm³/mol. The molecule has 2 rings (SSSR count). The van der Waals surface area contributed by atoms with Crippen molar-refractivity contribution in [2.45, 2.75) is 50.5 Å². The highest BCUT2D eigenvalue weighted by atomic mass is 32.2. The van der Waals surface area contributed by atoms with E-state index in [1.54, 1.807) is 30.1 Å². The van der Waals surface area contributed by atoms with Crippen LogP contribution in [0.4, 0.5) is 0 Å². The van der Waals surface area contributed by atoms with Gasteiger partial charge in [0.25, 0.3) is 5.91 Å². The SMILES string of the molecule is CCCCN(C)C(=O)c1ccccc1S(=O)(=O)N1CCC(C(C)N)CC1. The van der Waals surface area contributed by atoms with Crippen LogP contribution in [0.2, 0.25) is 0 Å². The average molecular weight is 382 g/mol. The zero-order valence-electron chi connectivity index (χ0n) is 16.0. The van der Waals surface area contributed by atoms with Crippen LogP contribution in [0.5, 0.6) is 0 Å². The van der Waals surface area contributed by atoms with Crippen LogP contribution in [-0.4, -0.2) is 56.3 Å². The first-order valence-electron chi connectivity index (χ1n) is 9.39. The van der Waals surface area contributed by atoms with E-state index in [9.17, 15) is 13.2 Å². The van der Waals surface area contributed by atoms with Gasteiger partial charge in [0.2, 0.25) is 10.0 Å². The quantitative estimate of drug-likeness (QED) is 0.785. The molecular weight excluding hydrogens is 350 g/mol. The van der Waals surface area contributed by atoms with Crippen LogP contribution in [0.3, 0.4) is 0 Å². The number of nitrogens with zero attached hydrogens (tertiary/aromatic N) is 2. The van der Waals surface area contributed by atoms with Crippen molar-refractivity contribution in [3.63, 3.8) is 0 Å². The maximum Gasteiger partial charge on any atom is 0.254 e. The third-order valence-corrected chi connectivity index (χ3v) is 7.13. The van der Waals surface area contributed by atoms with Gasteiger partial charge in [0.1, 0.15) is 0 Å². The molecule has 1 amide bonds. The van der Waals surface area contributed by atoms with Crippen LogP contribution >= 0.6 is 0 Å². The second-order valence-corrected chi connectivity index (χ2v) is 9.08. The van der Waals surface area contributed by atoms with E-state index < -0.39 is 10.0 Å². The first kappa shape index (κ1) is 20.9. The van der Waals surface area contributed by atoms with Gasteiger partial charge in [-0.05, 0) is 44.2 Å². The lowest BCUT2D eigenvalue weighted by molar-refractivity contribution is 0.0789. The fourth-order valence-electron chi connectivity index (χ4n) is 3.35. The van der Waals surface area contributed by atoms with E-state index in [0.717, 1.165) is 25.7 Å². The van der Waals surface area contributed by atoms with Gasteiger partial charge >= 0.3 is 0 Å². The van der Waals surface area contributed by atoms with E-state index in [1.807, 2.05) is 6.92 Å². The molecule has 6 nitrogen and oxygen atoms in total. The summed E-state index contributed by atoms with van der Waals surface area (Å²) in [5.41, 5.74) is 6.20. The molecule has 1 aromatic carbocycles. The molecule has 1 unspecified atom stereocenters. The first-order valence-corrected chi connectivity index (χ1v) is 10.8. The number of nitrogens with two attached hydrogens (primary N) is 1. The molecular formula is C19H31N3O3S. The molecule has 1 aliphatic heterocycles. The molecule has 1 saturated heterocycles. The Morgan fingerprint density at radius 2 is 1.92 bits per heavy atom. The van der Waals surface area contributed by atoms with E-state index in [0.29, 0.717) is 25.6 Å². The number of carbonyl (C=O) groups excluding carboxylic acids is 1. The zero-order chi connectivity index (χ0) is 19.3. The summed E-state index contributed by atoms with van der Waals surface area (Å²) in [4.78, 5) is 14.5. The molecule has 146 valence electrons. The maximum atomic E-state index is 13.1. The van der Waals surface area contributed by atoms with Crippen molar-refractivity contribution in [3.05, 3.63) is 29.8 Å². The fourth-order valence-corrected chi connectivity index (χ4v) is 5.01. The minimum absolute atomic E-state index is 0.0703. The van der Waals surface area contributed by atoms with Crippen LogP contribution in [0.25, 0.3) is 0 Å². The van der Waals surface area contributed by atoms with Gasteiger partial charge in [0.15, 0.2) is 0 Å². The number of piperidine rings is 1. The molecule has 26 heavy (non-hydrogen) atoms. The second kappa shape index (κ2) is 8.97. The van der Waals surface area contributed by atoms with Gasteiger partial charge in [-0.2, -0.15) is 4.31 Å². The summed E-state index contributed by atoms with van der Waals surface area (Å²) >= 11 is 0. The molecule has 1 atom stereocenters. The standard InChI is InChI=1S/C19H31N3O3S/c1-4-5-12-21(3)19(23)17-8-6-7-9-18(17)26(24,25)22-13-10-16(11-14-22)15(2)20/h6-9,15-16H,4-5,10-14,20H2,1-3H3. The van der Waals surface area contributed by atoms with Crippen molar-refractivity contribution < 1.29 is 13.2 Å². The normalized spacial score (nSPS) is 17.8. The van der Waals surface area contributed by atoms with Crippen molar-refractivity contribution in [1.82, 2.24) is 9.21 Å². The Balaban J connectivity index is 2.24.